The number of aromatic amines is 1. The van der Waals surface area contributed by atoms with E-state index in [4.69, 9.17) is 4.74 Å². The van der Waals surface area contributed by atoms with Gasteiger partial charge in [-0.25, -0.2) is 0 Å². The Morgan fingerprint density at radius 1 is 1.26 bits per heavy atom. The maximum Gasteiger partial charge on any atom is 0.119 e. The number of nitrogens with zero attached hydrogens (tertiary/aromatic N) is 1. The highest BCUT2D eigenvalue weighted by Crippen LogP contribution is 2.21. The monoisotopic (exact) mass is 259 g/mol. The molecule has 19 heavy (non-hydrogen) atoms. The molecule has 1 aromatic heterocycles. The second kappa shape index (κ2) is 6.38. The Hall–Kier alpha value is -1.81. The summed E-state index contributed by atoms with van der Waals surface area (Å²) in [5.74, 6) is 1.44. The van der Waals surface area contributed by atoms with Crippen LogP contribution in [-0.2, 0) is 6.54 Å². The van der Waals surface area contributed by atoms with Gasteiger partial charge in [-0.15, -0.1) is 0 Å². The third kappa shape index (κ3) is 3.83. The Bertz CT molecular complexity index is 502. The third-order valence-corrected chi connectivity index (χ3v) is 2.73. The number of hydrogen-bond donors (Lipinski definition) is 2. The molecule has 0 unspecified atom stereocenters. The van der Waals surface area contributed by atoms with Gasteiger partial charge in [0.25, 0.3) is 0 Å². The van der Waals surface area contributed by atoms with Crippen molar-refractivity contribution in [1.29, 1.82) is 0 Å². The van der Waals surface area contributed by atoms with Crippen molar-refractivity contribution in [3.05, 3.63) is 36.0 Å². The molecule has 0 atom stereocenters. The Balaban J connectivity index is 2.04. The zero-order valence-electron chi connectivity index (χ0n) is 11.7. The number of ether oxygens (including phenoxy) is 1. The standard InChI is InChI=1S/C15H21N3O/c1-11(2)10-19-14-6-4-12(5-7-14)15-8-13(9-16-3)17-18-15/h4-8,11,16H,9-10H2,1-3H3,(H,17,18). The summed E-state index contributed by atoms with van der Waals surface area (Å²) in [6.45, 7) is 5.82. The van der Waals surface area contributed by atoms with E-state index in [9.17, 15) is 0 Å². The fourth-order valence-electron chi connectivity index (χ4n) is 1.78. The van der Waals surface area contributed by atoms with Gasteiger partial charge in [-0.05, 0) is 43.3 Å². The van der Waals surface area contributed by atoms with E-state index in [1.165, 1.54) is 0 Å². The van der Waals surface area contributed by atoms with Crippen LogP contribution in [0.4, 0.5) is 0 Å². The minimum atomic E-state index is 0.537. The van der Waals surface area contributed by atoms with E-state index >= 15 is 0 Å². The first kappa shape index (κ1) is 13.6. The molecule has 2 N–H and O–H groups in total. The average Bonchev–Trinajstić information content (AvgIpc) is 2.86. The van der Waals surface area contributed by atoms with Crippen LogP contribution < -0.4 is 10.1 Å². The zero-order chi connectivity index (χ0) is 13.7. The number of nitrogens with one attached hydrogen (secondary N) is 2. The van der Waals surface area contributed by atoms with Crippen LogP contribution in [0.1, 0.15) is 19.5 Å². The van der Waals surface area contributed by atoms with Gasteiger partial charge in [-0.3, -0.25) is 5.10 Å². The lowest BCUT2D eigenvalue weighted by molar-refractivity contribution is 0.271. The molecule has 0 spiro atoms. The molecule has 4 heteroatoms. The summed E-state index contributed by atoms with van der Waals surface area (Å²) in [5.41, 5.74) is 3.13. The molecular formula is C15H21N3O. The fraction of sp³-hybridized carbons (Fsp3) is 0.400. The number of rotatable bonds is 6. The lowest BCUT2D eigenvalue weighted by atomic mass is 10.1. The topological polar surface area (TPSA) is 49.9 Å². The van der Waals surface area contributed by atoms with Crippen molar-refractivity contribution < 1.29 is 4.74 Å². The van der Waals surface area contributed by atoms with E-state index in [2.05, 4.69) is 35.4 Å². The fourth-order valence-corrected chi connectivity index (χ4v) is 1.78. The largest absolute Gasteiger partial charge is 0.493 e. The normalized spacial score (nSPS) is 10.9. The van der Waals surface area contributed by atoms with Crippen molar-refractivity contribution in [3.8, 4) is 17.0 Å². The SMILES string of the molecule is CNCc1cc(-c2ccc(OCC(C)C)cc2)n[nH]1. The van der Waals surface area contributed by atoms with Gasteiger partial charge in [0.2, 0.25) is 0 Å². The van der Waals surface area contributed by atoms with E-state index in [1.54, 1.807) is 0 Å². The Morgan fingerprint density at radius 2 is 2.00 bits per heavy atom. The molecule has 0 saturated heterocycles. The van der Waals surface area contributed by atoms with Crippen molar-refractivity contribution in [2.75, 3.05) is 13.7 Å². The highest BCUT2D eigenvalue weighted by molar-refractivity contribution is 5.60. The first-order valence-corrected chi connectivity index (χ1v) is 6.61. The Labute approximate surface area is 114 Å². The van der Waals surface area contributed by atoms with E-state index in [0.717, 1.165) is 35.9 Å². The molecule has 0 amide bonds. The molecule has 2 aromatic rings. The van der Waals surface area contributed by atoms with Crippen LogP contribution in [0.15, 0.2) is 30.3 Å². The van der Waals surface area contributed by atoms with Gasteiger partial charge in [-0.2, -0.15) is 5.10 Å². The molecule has 0 radical (unpaired) electrons. The maximum absolute atomic E-state index is 5.66. The number of aromatic nitrogens is 2. The van der Waals surface area contributed by atoms with Crippen LogP contribution in [0.3, 0.4) is 0 Å². The van der Waals surface area contributed by atoms with E-state index in [-0.39, 0.29) is 0 Å². The molecule has 102 valence electrons. The van der Waals surface area contributed by atoms with Crippen LogP contribution in [0, 0.1) is 5.92 Å². The van der Waals surface area contributed by atoms with Gasteiger partial charge < -0.3 is 10.1 Å². The molecule has 0 aliphatic heterocycles. The molecule has 0 aliphatic carbocycles. The van der Waals surface area contributed by atoms with Crippen molar-refractivity contribution in [1.82, 2.24) is 15.5 Å². The lowest BCUT2D eigenvalue weighted by Crippen LogP contribution is -2.04. The van der Waals surface area contributed by atoms with Crippen LogP contribution in [0.5, 0.6) is 5.75 Å². The van der Waals surface area contributed by atoms with Crippen molar-refractivity contribution in [2.24, 2.45) is 5.92 Å². The summed E-state index contributed by atoms with van der Waals surface area (Å²) in [7, 11) is 1.92. The zero-order valence-corrected chi connectivity index (χ0v) is 11.7. The molecule has 1 aromatic carbocycles. The van der Waals surface area contributed by atoms with Gasteiger partial charge in [-0.1, -0.05) is 13.8 Å². The molecule has 0 bridgehead atoms. The van der Waals surface area contributed by atoms with Gasteiger partial charge in [0.15, 0.2) is 0 Å². The van der Waals surface area contributed by atoms with Crippen LogP contribution in [-0.4, -0.2) is 23.9 Å². The number of hydrogen-bond acceptors (Lipinski definition) is 3. The molecule has 0 saturated carbocycles. The molecule has 0 aliphatic rings. The van der Waals surface area contributed by atoms with Crippen molar-refractivity contribution in [2.45, 2.75) is 20.4 Å². The molecule has 2 rings (SSSR count). The highest BCUT2D eigenvalue weighted by Gasteiger charge is 2.04. The second-order valence-corrected chi connectivity index (χ2v) is 5.04. The van der Waals surface area contributed by atoms with Gasteiger partial charge in [0.05, 0.1) is 12.3 Å². The summed E-state index contributed by atoms with van der Waals surface area (Å²) < 4.78 is 5.66. The summed E-state index contributed by atoms with van der Waals surface area (Å²) in [6.07, 6.45) is 0. The van der Waals surface area contributed by atoms with E-state index < -0.39 is 0 Å². The van der Waals surface area contributed by atoms with Gasteiger partial charge in [0.1, 0.15) is 5.75 Å². The van der Waals surface area contributed by atoms with Crippen LogP contribution in [0.2, 0.25) is 0 Å². The van der Waals surface area contributed by atoms with E-state index in [0.29, 0.717) is 5.92 Å². The van der Waals surface area contributed by atoms with Gasteiger partial charge >= 0.3 is 0 Å². The summed E-state index contributed by atoms with van der Waals surface area (Å²) in [5, 5.41) is 10.4. The smallest absolute Gasteiger partial charge is 0.119 e. The van der Waals surface area contributed by atoms with E-state index in [1.807, 2.05) is 31.3 Å². The minimum absolute atomic E-state index is 0.537. The second-order valence-electron chi connectivity index (χ2n) is 5.04. The van der Waals surface area contributed by atoms with Crippen molar-refractivity contribution >= 4 is 0 Å². The third-order valence-electron chi connectivity index (χ3n) is 2.73. The first-order chi connectivity index (χ1) is 9.19. The molecule has 0 fully saturated rings. The summed E-state index contributed by atoms with van der Waals surface area (Å²) in [4.78, 5) is 0. The molecular weight excluding hydrogens is 238 g/mol. The first-order valence-electron chi connectivity index (χ1n) is 6.61. The summed E-state index contributed by atoms with van der Waals surface area (Å²) >= 11 is 0. The van der Waals surface area contributed by atoms with Crippen LogP contribution in [0.25, 0.3) is 11.3 Å². The average molecular weight is 259 g/mol. The molecule has 1 heterocycles. The predicted octanol–water partition coefficient (Wildman–Crippen LogP) is 2.83. The maximum atomic E-state index is 5.66. The highest BCUT2D eigenvalue weighted by atomic mass is 16.5. The quantitative estimate of drug-likeness (QED) is 0.838. The Morgan fingerprint density at radius 3 is 2.63 bits per heavy atom. The van der Waals surface area contributed by atoms with Gasteiger partial charge in [0, 0.05) is 17.8 Å². The molecule has 4 nitrogen and oxygen atoms in total. The lowest BCUT2D eigenvalue weighted by Gasteiger charge is -2.08. The Kier molecular flexibility index (Phi) is 4.58. The summed E-state index contributed by atoms with van der Waals surface area (Å²) in [6, 6.07) is 10.1. The number of H-pyrrole nitrogens is 1. The number of benzene rings is 1. The van der Waals surface area contributed by atoms with Crippen molar-refractivity contribution in [3.63, 3.8) is 0 Å². The predicted molar refractivity (Wildman–Crippen MR) is 77.1 cm³/mol. The van der Waals surface area contributed by atoms with Crippen LogP contribution >= 0.6 is 0 Å². The minimum Gasteiger partial charge on any atom is -0.493 e.